The van der Waals surface area contributed by atoms with E-state index in [0.29, 0.717) is 16.9 Å². The fourth-order valence-electron chi connectivity index (χ4n) is 3.92. The Morgan fingerprint density at radius 3 is 2.08 bits per heavy atom. The zero-order valence-corrected chi connectivity index (χ0v) is 21.9. The lowest BCUT2D eigenvalue weighted by atomic mass is 10.0. The second-order valence-corrected chi connectivity index (χ2v) is 9.06. The molecule has 3 rings (SSSR count). The number of carbonyl (C=O) groups is 4. The first-order chi connectivity index (χ1) is 18.0. The lowest BCUT2D eigenvalue weighted by molar-refractivity contribution is -0.140. The number of aryl methyl sites for hydroxylation is 1. The summed E-state index contributed by atoms with van der Waals surface area (Å²) in [5, 5.41) is 14.8. The second-order valence-electron chi connectivity index (χ2n) is 9.06. The first-order valence-electron chi connectivity index (χ1n) is 12.1. The predicted octanol–water partition coefficient (Wildman–Crippen LogP) is 4.84. The van der Waals surface area contributed by atoms with Crippen molar-refractivity contribution in [1.82, 2.24) is 4.90 Å². The van der Waals surface area contributed by atoms with Gasteiger partial charge in [-0.1, -0.05) is 42.5 Å². The summed E-state index contributed by atoms with van der Waals surface area (Å²) in [6.07, 6.45) is -0.0642. The Morgan fingerprint density at radius 2 is 1.50 bits per heavy atom. The van der Waals surface area contributed by atoms with Crippen LogP contribution < -0.4 is 15.5 Å². The number of hydrogen-bond acceptors (Lipinski definition) is 4. The van der Waals surface area contributed by atoms with E-state index >= 15 is 0 Å². The molecule has 0 spiro atoms. The minimum absolute atomic E-state index is 0.140. The van der Waals surface area contributed by atoms with Crippen LogP contribution in [-0.4, -0.2) is 47.9 Å². The van der Waals surface area contributed by atoms with E-state index in [1.807, 2.05) is 31.2 Å². The molecule has 0 bridgehead atoms. The van der Waals surface area contributed by atoms with E-state index in [2.05, 4.69) is 10.6 Å². The molecule has 1 atom stereocenters. The SMILES string of the molecule is CC(=O)N(C)[C@H](CC(=O)O)c1ccc(N(C)C(=O)Cc2ccc(NC(=O)Nc3ccccc3C)cc2)cc1. The van der Waals surface area contributed by atoms with Crippen molar-refractivity contribution in [3.05, 3.63) is 89.5 Å². The average Bonchev–Trinajstić information content (AvgIpc) is 2.89. The number of nitrogens with one attached hydrogen (secondary N) is 2. The number of hydrogen-bond donors (Lipinski definition) is 3. The third-order valence-corrected chi connectivity index (χ3v) is 6.33. The molecule has 0 aliphatic carbocycles. The van der Waals surface area contributed by atoms with Gasteiger partial charge in [-0.15, -0.1) is 0 Å². The number of rotatable bonds is 9. The molecule has 0 unspecified atom stereocenters. The molecule has 9 heteroatoms. The van der Waals surface area contributed by atoms with E-state index in [1.54, 1.807) is 62.6 Å². The molecule has 0 aliphatic rings. The van der Waals surface area contributed by atoms with E-state index in [-0.39, 0.29) is 30.7 Å². The normalized spacial score (nSPS) is 11.3. The number of urea groups is 1. The van der Waals surface area contributed by atoms with Gasteiger partial charge in [-0.3, -0.25) is 14.4 Å². The largest absolute Gasteiger partial charge is 0.481 e. The lowest BCUT2D eigenvalue weighted by Gasteiger charge is -2.27. The lowest BCUT2D eigenvalue weighted by Crippen LogP contribution is -2.31. The number of nitrogens with zero attached hydrogens (tertiary/aromatic N) is 2. The molecule has 3 N–H and O–H groups in total. The van der Waals surface area contributed by atoms with E-state index in [4.69, 9.17) is 0 Å². The standard InChI is InChI=1S/C29H32N4O5/c1-19-7-5-6-8-25(19)31-29(38)30-23-13-9-21(10-14-23)17-27(35)33(4)24-15-11-22(12-16-24)26(18-28(36)37)32(3)20(2)34/h5-16,26H,17-18H2,1-4H3,(H,36,37)(H2,30,31,38)/t26-/m1/s1. The van der Waals surface area contributed by atoms with Crippen LogP contribution in [0.25, 0.3) is 0 Å². The number of aliphatic carboxylic acids is 1. The number of carboxylic acid groups (broad SMARTS) is 1. The van der Waals surface area contributed by atoms with Gasteiger partial charge in [0.1, 0.15) is 0 Å². The molecular formula is C29H32N4O5. The highest BCUT2D eigenvalue weighted by molar-refractivity contribution is 6.00. The van der Waals surface area contributed by atoms with E-state index in [9.17, 15) is 24.3 Å². The molecule has 0 heterocycles. The van der Waals surface area contributed by atoms with Crippen LogP contribution in [-0.2, 0) is 20.8 Å². The van der Waals surface area contributed by atoms with Crippen LogP contribution in [0.4, 0.5) is 21.9 Å². The molecule has 3 aromatic carbocycles. The van der Waals surface area contributed by atoms with E-state index < -0.39 is 12.0 Å². The van der Waals surface area contributed by atoms with Gasteiger partial charge in [-0.25, -0.2) is 4.79 Å². The number of benzene rings is 3. The van der Waals surface area contributed by atoms with Crippen LogP contribution in [0, 0.1) is 6.92 Å². The summed E-state index contributed by atoms with van der Waals surface area (Å²) >= 11 is 0. The van der Waals surface area contributed by atoms with Crippen LogP contribution in [0.3, 0.4) is 0 Å². The summed E-state index contributed by atoms with van der Waals surface area (Å²) in [6, 6.07) is 20.5. The zero-order chi connectivity index (χ0) is 27.8. The summed E-state index contributed by atoms with van der Waals surface area (Å²) in [6.45, 7) is 3.30. The first kappa shape index (κ1) is 27.9. The Hall–Kier alpha value is -4.66. The summed E-state index contributed by atoms with van der Waals surface area (Å²) < 4.78 is 0. The third kappa shape index (κ3) is 7.42. The van der Waals surface area contributed by atoms with Crippen molar-refractivity contribution >= 4 is 40.9 Å². The van der Waals surface area contributed by atoms with Gasteiger partial charge in [-0.05, 0) is 53.9 Å². The Morgan fingerprint density at radius 1 is 0.868 bits per heavy atom. The third-order valence-electron chi connectivity index (χ3n) is 6.33. The fourth-order valence-corrected chi connectivity index (χ4v) is 3.92. The van der Waals surface area contributed by atoms with E-state index in [1.165, 1.54) is 16.7 Å². The monoisotopic (exact) mass is 516 g/mol. The molecule has 0 radical (unpaired) electrons. The van der Waals surface area contributed by atoms with Crippen molar-refractivity contribution in [2.24, 2.45) is 0 Å². The molecule has 0 fully saturated rings. The van der Waals surface area contributed by atoms with Gasteiger partial charge in [0.15, 0.2) is 0 Å². The Bertz CT molecular complexity index is 1310. The van der Waals surface area contributed by atoms with E-state index in [0.717, 1.165) is 16.8 Å². The molecule has 198 valence electrons. The van der Waals surface area contributed by atoms with Gasteiger partial charge >= 0.3 is 12.0 Å². The molecule has 3 aromatic rings. The first-order valence-corrected chi connectivity index (χ1v) is 12.1. The molecule has 38 heavy (non-hydrogen) atoms. The molecule has 0 saturated carbocycles. The Kier molecular flexibility index (Phi) is 9.21. The number of para-hydroxylation sites is 1. The Balaban J connectivity index is 1.60. The summed E-state index contributed by atoms with van der Waals surface area (Å²) in [7, 11) is 3.23. The number of carboxylic acids is 1. The number of carbonyl (C=O) groups excluding carboxylic acids is 3. The molecule has 9 nitrogen and oxygen atoms in total. The predicted molar refractivity (Wildman–Crippen MR) is 147 cm³/mol. The number of anilines is 3. The van der Waals surface area contributed by atoms with Crippen LogP contribution in [0.1, 0.15) is 36.1 Å². The maximum atomic E-state index is 12.9. The summed E-state index contributed by atoms with van der Waals surface area (Å²) in [5.74, 6) is -1.38. The van der Waals surface area contributed by atoms with Gasteiger partial charge < -0.3 is 25.5 Å². The minimum atomic E-state index is -1.01. The van der Waals surface area contributed by atoms with Crippen molar-refractivity contribution < 1.29 is 24.3 Å². The van der Waals surface area contributed by atoms with Crippen LogP contribution in [0.2, 0.25) is 0 Å². The molecule has 0 aliphatic heterocycles. The van der Waals surface area contributed by atoms with Crippen molar-refractivity contribution in [2.45, 2.75) is 32.7 Å². The van der Waals surface area contributed by atoms with Crippen molar-refractivity contribution in [3.63, 3.8) is 0 Å². The van der Waals surface area contributed by atoms with Gasteiger partial charge in [0.25, 0.3) is 0 Å². The molecule has 4 amide bonds. The van der Waals surface area contributed by atoms with Crippen molar-refractivity contribution in [1.29, 1.82) is 0 Å². The topological polar surface area (TPSA) is 119 Å². The van der Waals surface area contributed by atoms with Gasteiger partial charge in [0.2, 0.25) is 11.8 Å². The molecular weight excluding hydrogens is 484 g/mol. The van der Waals surface area contributed by atoms with Gasteiger partial charge in [-0.2, -0.15) is 0 Å². The van der Waals surface area contributed by atoms with Gasteiger partial charge in [0.05, 0.1) is 18.9 Å². The van der Waals surface area contributed by atoms with Gasteiger partial charge in [0, 0.05) is 38.1 Å². The summed E-state index contributed by atoms with van der Waals surface area (Å²) in [5.41, 5.74) is 4.38. The highest BCUT2D eigenvalue weighted by Crippen LogP contribution is 2.26. The molecule has 0 aromatic heterocycles. The summed E-state index contributed by atoms with van der Waals surface area (Å²) in [4.78, 5) is 51.2. The molecule has 0 saturated heterocycles. The van der Waals surface area contributed by atoms with Crippen LogP contribution in [0.5, 0.6) is 0 Å². The smallest absolute Gasteiger partial charge is 0.323 e. The average molecular weight is 517 g/mol. The maximum absolute atomic E-state index is 12.9. The highest BCUT2D eigenvalue weighted by Gasteiger charge is 2.23. The van der Waals surface area contributed by atoms with Crippen LogP contribution >= 0.6 is 0 Å². The second kappa shape index (κ2) is 12.5. The quantitative estimate of drug-likeness (QED) is 0.376. The number of amides is 4. The number of likely N-dealkylation sites (N-methyl/N-ethyl adjacent to an activating group) is 1. The maximum Gasteiger partial charge on any atom is 0.323 e. The fraction of sp³-hybridized carbons (Fsp3) is 0.241. The highest BCUT2D eigenvalue weighted by atomic mass is 16.4. The zero-order valence-electron chi connectivity index (χ0n) is 21.9. The van der Waals surface area contributed by atoms with Crippen molar-refractivity contribution in [3.8, 4) is 0 Å². The minimum Gasteiger partial charge on any atom is -0.481 e. The van der Waals surface area contributed by atoms with Crippen LogP contribution in [0.15, 0.2) is 72.8 Å². The Labute approximate surface area is 222 Å². The van der Waals surface area contributed by atoms with Crippen molar-refractivity contribution in [2.75, 3.05) is 29.6 Å².